The molecule has 0 bridgehead atoms. The Kier molecular flexibility index (Phi) is 7.54. The molecule has 0 saturated heterocycles. The molecule has 0 radical (unpaired) electrons. The molecule has 3 aromatic carbocycles. The van der Waals surface area contributed by atoms with Crippen molar-refractivity contribution in [2.45, 2.75) is 33.6 Å². The molecule has 0 saturated carbocycles. The van der Waals surface area contributed by atoms with E-state index in [1.54, 1.807) is 50.2 Å². The second-order valence-corrected chi connectivity index (χ2v) is 8.60. The van der Waals surface area contributed by atoms with E-state index < -0.39 is 35.3 Å². The van der Waals surface area contributed by atoms with E-state index in [1.165, 1.54) is 24.3 Å². The van der Waals surface area contributed by atoms with Crippen molar-refractivity contribution in [2.75, 3.05) is 5.32 Å². The lowest BCUT2D eigenvalue weighted by atomic mass is 9.75. The zero-order valence-electron chi connectivity index (χ0n) is 19.3. The van der Waals surface area contributed by atoms with Crippen molar-refractivity contribution in [1.29, 1.82) is 0 Å². The predicted octanol–water partition coefficient (Wildman–Crippen LogP) is 5.89. The SMILES string of the molecule is Cc1ccc(NC(=O)C(C(=O)C(C)C)C(C(=O)c2ccc(F)cc2)c2ccccc2)c(C)c1. The van der Waals surface area contributed by atoms with Crippen molar-refractivity contribution < 1.29 is 18.8 Å². The highest BCUT2D eigenvalue weighted by Gasteiger charge is 2.41. The minimum Gasteiger partial charge on any atom is -0.325 e. The quantitative estimate of drug-likeness (QED) is 0.347. The van der Waals surface area contributed by atoms with Crippen LogP contribution in [0.1, 0.15) is 46.8 Å². The first-order valence-corrected chi connectivity index (χ1v) is 11.0. The Labute approximate surface area is 193 Å². The first-order valence-electron chi connectivity index (χ1n) is 11.0. The largest absolute Gasteiger partial charge is 0.325 e. The number of hydrogen-bond acceptors (Lipinski definition) is 3. The smallest absolute Gasteiger partial charge is 0.236 e. The number of nitrogens with one attached hydrogen (secondary N) is 1. The number of ketones is 2. The summed E-state index contributed by atoms with van der Waals surface area (Å²) in [6.45, 7) is 7.26. The summed E-state index contributed by atoms with van der Waals surface area (Å²) in [6, 6.07) is 19.6. The van der Waals surface area contributed by atoms with Crippen LogP contribution in [0, 0.1) is 31.5 Å². The summed E-state index contributed by atoms with van der Waals surface area (Å²) in [4.78, 5) is 40.5. The van der Waals surface area contributed by atoms with Gasteiger partial charge in [-0.3, -0.25) is 14.4 Å². The summed E-state index contributed by atoms with van der Waals surface area (Å²) >= 11 is 0. The topological polar surface area (TPSA) is 63.2 Å². The van der Waals surface area contributed by atoms with E-state index in [2.05, 4.69) is 5.32 Å². The standard InChI is InChI=1S/C28H28FNO3/c1-17(2)26(31)25(28(33)30-23-15-10-18(3)16-19(23)4)24(20-8-6-5-7-9-20)27(32)21-11-13-22(29)14-12-21/h5-17,24-25H,1-4H3,(H,30,33). The van der Waals surface area contributed by atoms with Crippen LogP contribution in [-0.4, -0.2) is 17.5 Å². The first-order chi connectivity index (χ1) is 15.7. The maximum atomic E-state index is 13.6. The number of anilines is 1. The zero-order valence-corrected chi connectivity index (χ0v) is 19.3. The number of halogens is 1. The highest BCUT2D eigenvalue weighted by molar-refractivity contribution is 6.14. The monoisotopic (exact) mass is 445 g/mol. The molecule has 0 aliphatic carbocycles. The lowest BCUT2D eigenvalue weighted by Gasteiger charge is -2.27. The highest BCUT2D eigenvalue weighted by atomic mass is 19.1. The third-order valence-corrected chi connectivity index (χ3v) is 5.70. The number of hydrogen-bond donors (Lipinski definition) is 1. The molecule has 2 atom stereocenters. The molecular formula is C28H28FNO3. The van der Waals surface area contributed by atoms with E-state index in [0.717, 1.165) is 11.1 Å². The van der Waals surface area contributed by atoms with Gasteiger partial charge in [0.05, 0.1) is 5.92 Å². The summed E-state index contributed by atoms with van der Waals surface area (Å²) in [6.07, 6.45) is 0. The van der Waals surface area contributed by atoms with E-state index in [9.17, 15) is 18.8 Å². The van der Waals surface area contributed by atoms with Crippen LogP contribution >= 0.6 is 0 Å². The third-order valence-electron chi connectivity index (χ3n) is 5.70. The minimum absolute atomic E-state index is 0.242. The fourth-order valence-electron chi connectivity index (χ4n) is 3.92. The summed E-state index contributed by atoms with van der Waals surface area (Å²) in [5.74, 6) is -4.50. The average molecular weight is 446 g/mol. The average Bonchev–Trinajstić information content (AvgIpc) is 2.79. The van der Waals surface area contributed by atoms with Crippen molar-refractivity contribution in [3.8, 4) is 0 Å². The van der Waals surface area contributed by atoms with Crippen LogP contribution < -0.4 is 5.32 Å². The molecule has 0 aromatic heterocycles. The van der Waals surface area contributed by atoms with E-state index in [0.29, 0.717) is 11.3 Å². The van der Waals surface area contributed by atoms with E-state index in [-0.39, 0.29) is 11.3 Å². The van der Waals surface area contributed by atoms with Crippen LogP contribution in [0.4, 0.5) is 10.1 Å². The molecular weight excluding hydrogens is 417 g/mol. The summed E-state index contributed by atoms with van der Waals surface area (Å²) in [5, 5.41) is 2.87. The second-order valence-electron chi connectivity index (χ2n) is 8.60. The van der Waals surface area contributed by atoms with E-state index >= 15 is 0 Å². The predicted molar refractivity (Wildman–Crippen MR) is 128 cm³/mol. The van der Waals surface area contributed by atoms with Gasteiger partial charge in [0.25, 0.3) is 0 Å². The molecule has 3 rings (SSSR count). The molecule has 0 aliphatic rings. The summed E-state index contributed by atoms with van der Waals surface area (Å²) < 4.78 is 13.5. The fourth-order valence-corrected chi connectivity index (χ4v) is 3.92. The number of benzene rings is 3. The van der Waals surface area contributed by atoms with Crippen molar-refractivity contribution in [2.24, 2.45) is 11.8 Å². The number of rotatable bonds is 8. The van der Waals surface area contributed by atoms with Gasteiger partial charge in [-0.25, -0.2) is 4.39 Å². The van der Waals surface area contributed by atoms with Crippen LogP contribution in [0.2, 0.25) is 0 Å². The van der Waals surface area contributed by atoms with Gasteiger partial charge in [0.2, 0.25) is 5.91 Å². The molecule has 4 nitrogen and oxygen atoms in total. The van der Waals surface area contributed by atoms with Gasteiger partial charge < -0.3 is 5.32 Å². The molecule has 1 amide bonds. The molecule has 0 aliphatic heterocycles. The van der Waals surface area contributed by atoms with Crippen LogP contribution in [0.3, 0.4) is 0 Å². The van der Waals surface area contributed by atoms with Crippen molar-refractivity contribution in [3.63, 3.8) is 0 Å². The Morgan fingerprint density at radius 2 is 1.48 bits per heavy atom. The van der Waals surface area contributed by atoms with E-state index in [1.807, 2.05) is 26.0 Å². The fraction of sp³-hybridized carbons (Fsp3) is 0.250. The Morgan fingerprint density at radius 1 is 0.848 bits per heavy atom. The first kappa shape index (κ1) is 24.1. The highest BCUT2D eigenvalue weighted by Crippen LogP contribution is 2.33. The van der Waals surface area contributed by atoms with Crippen LogP contribution in [-0.2, 0) is 9.59 Å². The number of Topliss-reactive ketones (excluding diaryl/α,β-unsaturated/α-hetero) is 2. The zero-order chi connectivity index (χ0) is 24.1. The van der Waals surface area contributed by atoms with Gasteiger partial charge in [-0.1, -0.05) is 61.9 Å². The number of amides is 1. The Morgan fingerprint density at radius 3 is 2.06 bits per heavy atom. The molecule has 0 spiro atoms. The van der Waals surface area contributed by atoms with Crippen LogP contribution in [0.5, 0.6) is 0 Å². The van der Waals surface area contributed by atoms with Crippen molar-refractivity contribution >= 4 is 23.2 Å². The Bertz CT molecular complexity index is 1150. The molecule has 2 unspecified atom stereocenters. The summed E-state index contributed by atoms with van der Waals surface area (Å²) in [7, 11) is 0. The van der Waals surface area contributed by atoms with Crippen molar-refractivity contribution in [3.05, 3.63) is 101 Å². The normalized spacial score (nSPS) is 12.8. The van der Waals surface area contributed by atoms with Gasteiger partial charge >= 0.3 is 0 Å². The van der Waals surface area contributed by atoms with Crippen molar-refractivity contribution in [1.82, 2.24) is 0 Å². The van der Waals surface area contributed by atoms with Gasteiger partial charge in [0, 0.05) is 17.2 Å². The van der Waals surface area contributed by atoms with Crippen LogP contribution in [0.25, 0.3) is 0 Å². The van der Waals surface area contributed by atoms with Gasteiger partial charge in [-0.05, 0) is 55.3 Å². The van der Waals surface area contributed by atoms with Gasteiger partial charge in [0.15, 0.2) is 5.78 Å². The second kappa shape index (κ2) is 10.3. The molecule has 0 fully saturated rings. The number of carbonyl (C=O) groups is 3. The Hall–Kier alpha value is -3.60. The van der Waals surface area contributed by atoms with Gasteiger partial charge in [-0.15, -0.1) is 0 Å². The Balaban J connectivity index is 2.09. The molecule has 5 heteroatoms. The van der Waals surface area contributed by atoms with Crippen LogP contribution in [0.15, 0.2) is 72.8 Å². The molecule has 0 heterocycles. The maximum Gasteiger partial charge on any atom is 0.236 e. The number of carbonyl (C=O) groups excluding carboxylic acids is 3. The molecule has 3 aromatic rings. The van der Waals surface area contributed by atoms with E-state index in [4.69, 9.17) is 0 Å². The van der Waals surface area contributed by atoms with Gasteiger partial charge in [-0.2, -0.15) is 0 Å². The summed E-state index contributed by atoms with van der Waals surface area (Å²) in [5.41, 5.74) is 3.30. The third kappa shape index (κ3) is 5.61. The maximum absolute atomic E-state index is 13.6. The van der Waals surface area contributed by atoms with Gasteiger partial charge in [0.1, 0.15) is 17.5 Å². The molecule has 33 heavy (non-hydrogen) atoms. The lowest BCUT2D eigenvalue weighted by molar-refractivity contribution is -0.133. The number of aryl methyl sites for hydroxylation is 2. The molecule has 1 N–H and O–H groups in total. The lowest BCUT2D eigenvalue weighted by Crippen LogP contribution is -2.40. The minimum atomic E-state index is -1.24. The molecule has 170 valence electrons.